The van der Waals surface area contributed by atoms with Crippen LogP contribution in [0.1, 0.15) is 41.0 Å². The molecule has 0 radical (unpaired) electrons. The van der Waals surface area contributed by atoms with E-state index in [0.717, 1.165) is 13.0 Å². The summed E-state index contributed by atoms with van der Waals surface area (Å²) in [5.74, 6) is 0.507. The van der Waals surface area contributed by atoms with Crippen molar-refractivity contribution in [2.75, 3.05) is 26.4 Å². The van der Waals surface area contributed by atoms with E-state index in [4.69, 9.17) is 9.47 Å². The van der Waals surface area contributed by atoms with Crippen LogP contribution < -0.4 is 5.32 Å². The Labute approximate surface area is 116 Å². The largest absolute Gasteiger partial charge is 0.444 e. The topological polar surface area (TPSA) is 67.8 Å². The van der Waals surface area contributed by atoms with Gasteiger partial charge in [-0.15, -0.1) is 0 Å². The van der Waals surface area contributed by atoms with Crippen LogP contribution in [0, 0.1) is 11.8 Å². The average Bonchev–Trinajstić information content (AvgIpc) is 2.25. The normalized spacial score (nSPS) is 13.4. The molecule has 19 heavy (non-hydrogen) atoms. The van der Waals surface area contributed by atoms with Crippen LogP contribution >= 0.6 is 0 Å². The highest BCUT2D eigenvalue weighted by Crippen LogP contribution is 2.07. The lowest BCUT2D eigenvalue weighted by Gasteiger charge is -2.21. The number of nitrogens with one attached hydrogen (secondary N) is 1. The maximum absolute atomic E-state index is 11.5. The fourth-order valence-electron chi connectivity index (χ4n) is 1.37. The molecule has 5 heteroatoms. The molecule has 0 aliphatic heterocycles. The highest BCUT2D eigenvalue weighted by Gasteiger charge is 2.17. The van der Waals surface area contributed by atoms with Crippen LogP contribution in [-0.4, -0.2) is 43.2 Å². The van der Waals surface area contributed by atoms with Crippen molar-refractivity contribution in [3.63, 3.8) is 0 Å². The first-order chi connectivity index (χ1) is 8.74. The summed E-state index contributed by atoms with van der Waals surface area (Å²) in [5, 5.41) is 11.9. The summed E-state index contributed by atoms with van der Waals surface area (Å²) in [5.41, 5.74) is -0.501. The fourth-order valence-corrected chi connectivity index (χ4v) is 1.37. The fraction of sp³-hybridized carbons (Fsp3) is 0.929. The zero-order valence-corrected chi connectivity index (χ0v) is 12.9. The van der Waals surface area contributed by atoms with E-state index in [0.29, 0.717) is 19.1 Å². The van der Waals surface area contributed by atoms with Crippen LogP contribution in [0.25, 0.3) is 0 Å². The van der Waals surface area contributed by atoms with Gasteiger partial charge < -0.3 is 19.9 Å². The molecule has 0 saturated carbocycles. The molecule has 114 valence electrons. The minimum Gasteiger partial charge on any atom is -0.444 e. The minimum atomic E-state index is -0.501. The molecule has 0 rings (SSSR count). The standard InChI is InChI=1S/C14H29NO4/c1-11(2)10-18-7-6-12(9-16)8-15-13(17)19-14(3,4)5/h11-12,16H,6-10H2,1-5H3,(H,15,17). The van der Waals surface area contributed by atoms with Crippen molar-refractivity contribution in [3.05, 3.63) is 0 Å². The first-order valence-corrected chi connectivity index (χ1v) is 6.90. The molecule has 0 fully saturated rings. The maximum atomic E-state index is 11.5. The molecular weight excluding hydrogens is 246 g/mol. The molecule has 0 aliphatic carbocycles. The summed E-state index contributed by atoms with van der Waals surface area (Å²) >= 11 is 0. The summed E-state index contributed by atoms with van der Waals surface area (Å²) in [6, 6.07) is 0. The Kier molecular flexibility index (Phi) is 8.76. The molecule has 1 amide bonds. The van der Waals surface area contributed by atoms with Crippen LogP contribution in [0.15, 0.2) is 0 Å². The Morgan fingerprint density at radius 2 is 1.95 bits per heavy atom. The van der Waals surface area contributed by atoms with E-state index < -0.39 is 11.7 Å². The van der Waals surface area contributed by atoms with Crippen LogP contribution in [0.2, 0.25) is 0 Å². The van der Waals surface area contributed by atoms with Crippen molar-refractivity contribution >= 4 is 6.09 Å². The van der Waals surface area contributed by atoms with E-state index in [2.05, 4.69) is 19.2 Å². The SMILES string of the molecule is CC(C)COCCC(CO)CNC(=O)OC(C)(C)C. The van der Waals surface area contributed by atoms with Gasteiger partial charge in [-0.1, -0.05) is 13.8 Å². The van der Waals surface area contributed by atoms with Gasteiger partial charge in [0.2, 0.25) is 0 Å². The van der Waals surface area contributed by atoms with Gasteiger partial charge in [0.1, 0.15) is 5.60 Å². The summed E-state index contributed by atoms with van der Waals surface area (Å²) in [6.45, 7) is 11.4. The Bertz CT molecular complexity index is 248. The zero-order chi connectivity index (χ0) is 14.9. The molecule has 5 nitrogen and oxygen atoms in total. The monoisotopic (exact) mass is 275 g/mol. The predicted octanol–water partition coefficient (Wildman–Crippen LogP) is 2.18. The molecule has 0 aromatic rings. The van der Waals surface area contributed by atoms with E-state index in [1.165, 1.54) is 0 Å². The van der Waals surface area contributed by atoms with Crippen LogP contribution in [-0.2, 0) is 9.47 Å². The third-order valence-corrected chi connectivity index (χ3v) is 2.31. The Hall–Kier alpha value is -0.810. The van der Waals surface area contributed by atoms with Gasteiger partial charge in [0.05, 0.1) is 0 Å². The van der Waals surface area contributed by atoms with E-state index in [9.17, 15) is 9.90 Å². The number of ether oxygens (including phenoxy) is 2. The van der Waals surface area contributed by atoms with Crippen LogP contribution in [0.4, 0.5) is 4.79 Å². The van der Waals surface area contributed by atoms with Crippen molar-refractivity contribution in [3.8, 4) is 0 Å². The minimum absolute atomic E-state index is 0.000296. The Morgan fingerprint density at radius 1 is 1.32 bits per heavy atom. The molecule has 0 bridgehead atoms. The number of aliphatic hydroxyl groups excluding tert-OH is 1. The van der Waals surface area contributed by atoms with Gasteiger partial charge in [0.15, 0.2) is 0 Å². The number of alkyl carbamates (subject to hydrolysis) is 1. The average molecular weight is 275 g/mol. The lowest BCUT2D eigenvalue weighted by atomic mass is 10.1. The molecule has 0 spiro atoms. The third kappa shape index (κ3) is 12.0. The predicted molar refractivity (Wildman–Crippen MR) is 75.1 cm³/mol. The molecular formula is C14H29NO4. The maximum Gasteiger partial charge on any atom is 0.407 e. The number of carbonyl (C=O) groups excluding carboxylic acids is 1. The molecule has 0 aromatic carbocycles. The summed E-state index contributed by atoms with van der Waals surface area (Å²) in [7, 11) is 0. The smallest absolute Gasteiger partial charge is 0.407 e. The summed E-state index contributed by atoms with van der Waals surface area (Å²) in [4.78, 5) is 11.5. The molecule has 0 heterocycles. The molecule has 0 aliphatic rings. The number of aliphatic hydroxyl groups is 1. The van der Waals surface area contributed by atoms with Gasteiger partial charge in [-0.2, -0.15) is 0 Å². The van der Waals surface area contributed by atoms with Gasteiger partial charge in [-0.25, -0.2) is 4.79 Å². The van der Waals surface area contributed by atoms with Crippen molar-refractivity contribution in [1.29, 1.82) is 0 Å². The Balaban J connectivity index is 3.78. The van der Waals surface area contributed by atoms with Crippen LogP contribution in [0.3, 0.4) is 0 Å². The third-order valence-electron chi connectivity index (χ3n) is 2.31. The number of rotatable bonds is 8. The molecule has 0 aromatic heterocycles. The van der Waals surface area contributed by atoms with Gasteiger partial charge in [-0.05, 0) is 33.1 Å². The van der Waals surface area contributed by atoms with Gasteiger partial charge >= 0.3 is 6.09 Å². The van der Waals surface area contributed by atoms with Crippen molar-refractivity contribution in [2.45, 2.75) is 46.6 Å². The zero-order valence-electron chi connectivity index (χ0n) is 12.9. The number of carbonyl (C=O) groups is 1. The molecule has 1 atom stereocenters. The highest BCUT2D eigenvalue weighted by molar-refractivity contribution is 5.67. The Morgan fingerprint density at radius 3 is 2.42 bits per heavy atom. The highest BCUT2D eigenvalue weighted by atomic mass is 16.6. The van der Waals surface area contributed by atoms with E-state index >= 15 is 0 Å². The van der Waals surface area contributed by atoms with Crippen molar-refractivity contribution < 1.29 is 19.4 Å². The van der Waals surface area contributed by atoms with E-state index in [-0.39, 0.29) is 12.5 Å². The first-order valence-electron chi connectivity index (χ1n) is 6.90. The first kappa shape index (κ1) is 18.2. The van der Waals surface area contributed by atoms with E-state index in [1.54, 1.807) is 0 Å². The molecule has 2 N–H and O–H groups in total. The van der Waals surface area contributed by atoms with E-state index in [1.807, 2.05) is 20.8 Å². The van der Waals surface area contributed by atoms with Gasteiger partial charge in [0.25, 0.3) is 0 Å². The lowest BCUT2D eigenvalue weighted by Crippen LogP contribution is -2.36. The second kappa shape index (κ2) is 9.15. The van der Waals surface area contributed by atoms with Crippen molar-refractivity contribution in [2.24, 2.45) is 11.8 Å². The second-order valence-corrected chi connectivity index (χ2v) is 6.19. The molecule has 1 unspecified atom stereocenters. The number of amides is 1. The van der Waals surface area contributed by atoms with Crippen LogP contribution in [0.5, 0.6) is 0 Å². The molecule has 0 saturated heterocycles. The quantitative estimate of drug-likeness (QED) is 0.666. The lowest BCUT2D eigenvalue weighted by molar-refractivity contribution is 0.0495. The second-order valence-electron chi connectivity index (χ2n) is 6.19. The number of hydrogen-bond acceptors (Lipinski definition) is 4. The summed E-state index contributed by atoms with van der Waals surface area (Å²) < 4.78 is 10.6. The summed E-state index contributed by atoms with van der Waals surface area (Å²) in [6.07, 6.45) is 0.271. The van der Waals surface area contributed by atoms with Crippen molar-refractivity contribution in [1.82, 2.24) is 5.32 Å². The van der Waals surface area contributed by atoms with Gasteiger partial charge in [-0.3, -0.25) is 0 Å². The van der Waals surface area contributed by atoms with Gasteiger partial charge in [0, 0.05) is 32.3 Å². The number of hydrogen-bond donors (Lipinski definition) is 2.